The summed E-state index contributed by atoms with van der Waals surface area (Å²) in [6, 6.07) is 10.6. The molecule has 0 radical (unpaired) electrons. The molecule has 23 heavy (non-hydrogen) atoms. The molecule has 0 aliphatic carbocycles. The Hall–Kier alpha value is -2.17. The van der Waals surface area contributed by atoms with Gasteiger partial charge in [0.25, 0.3) is 0 Å². The van der Waals surface area contributed by atoms with Crippen molar-refractivity contribution in [3.05, 3.63) is 42.1 Å². The van der Waals surface area contributed by atoms with Crippen LogP contribution < -0.4 is 10.2 Å². The predicted octanol–water partition coefficient (Wildman–Crippen LogP) is 3.15. The standard InChI is InChI=1S/C18H25N5/c1-15-9-12-23(13-10-15)18-21-17(14-20-22-18)19-11-5-8-16-6-3-2-4-7-16/h2-4,6-7,14-15H,5,8-13H2,1H3,(H,19,21,22). The van der Waals surface area contributed by atoms with Crippen LogP contribution >= 0.6 is 0 Å². The average molecular weight is 311 g/mol. The summed E-state index contributed by atoms with van der Waals surface area (Å²) >= 11 is 0. The zero-order valence-electron chi connectivity index (χ0n) is 13.8. The maximum Gasteiger partial charge on any atom is 0.247 e. The molecule has 1 saturated heterocycles. The van der Waals surface area contributed by atoms with Crippen molar-refractivity contribution in [2.24, 2.45) is 5.92 Å². The van der Waals surface area contributed by atoms with E-state index in [1.807, 2.05) is 0 Å². The molecular formula is C18H25N5. The number of benzene rings is 1. The lowest BCUT2D eigenvalue weighted by Crippen LogP contribution is -2.34. The molecule has 0 saturated carbocycles. The molecule has 0 atom stereocenters. The summed E-state index contributed by atoms with van der Waals surface area (Å²) in [6.07, 6.45) is 6.27. The Morgan fingerprint density at radius 3 is 2.74 bits per heavy atom. The quantitative estimate of drug-likeness (QED) is 0.831. The molecule has 2 aromatic rings. The van der Waals surface area contributed by atoms with E-state index in [1.54, 1.807) is 6.20 Å². The van der Waals surface area contributed by atoms with E-state index in [9.17, 15) is 0 Å². The average Bonchev–Trinajstić information content (AvgIpc) is 2.61. The van der Waals surface area contributed by atoms with Crippen molar-refractivity contribution in [3.8, 4) is 0 Å². The number of hydrogen-bond donors (Lipinski definition) is 1. The van der Waals surface area contributed by atoms with E-state index in [2.05, 4.69) is 62.7 Å². The fourth-order valence-electron chi connectivity index (χ4n) is 2.88. The summed E-state index contributed by atoms with van der Waals surface area (Å²) in [5.74, 6) is 2.38. The van der Waals surface area contributed by atoms with Gasteiger partial charge in [-0.25, -0.2) is 0 Å². The van der Waals surface area contributed by atoms with Crippen LogP contribution in [0.2, 0.25) is 0 Å². The van der Waals surface area contributed by atoms with E-state index in [4.69, 9.17) is 0 Å². The van der Waals surface area contributed by atoms with E-state index in [1.165, 1.54) is 18.4 Å². The Bertz CT molecular complexity index is 593. The third-order valence-electron chi connectivity index (χ3n) is 4.41. The largest absolute Gasteiger partial charge is 0.369 e. The Morgan fingerprint density at radius 1 is 1.17 bits per heavy atom. The van der Waals surface area contributed by atoms with Crippen LogP contribution in [0.5, 0.6) is 0 Å². The number of aryl methyl sites for hydroxylation is 1. The highest BCUT2D eigenvalue weighted by Gasteiger charge is 2.18. The van der Waals surface area contributed by atoms with Crippen LogP contribution in [0, 0.1) is 5.92 Å². The Balaban J connectivity index is 1.48. The molecule has 5 nitrogen and oxygen atoms in total. The Labute approximate surface area is 138 Å². The molecule has 1 aromatic carbocycles. The van der Waals surface area contributed by atoms with Crippen LogP contribution in [0.4, 0.5) is 11.8 Å². The second-order valence-electron chi connectivity index (χ2n) is 6.33. The first kappa shape index (κ1) is 15.7. The van der Waals surface area contributed by atoms with Gasteiger partial charge in [0.1, 0.15) is 0 Å². The van der Waals surface area contributed by atoms with Gasteiger partial charge >= 0.3 is 0 Å². The monoisotopic (exact) mass is 311 g/mol. The summed E-state index contributed by atoms with van der Waals surface area (Å²) in [6.45, 7) is 5.26. The number of piperidine rings is 1. The van der Waals surface area contributed by atoms with E-state index in [-0.39, 0.29) is 0 Å². The van der Waals surface area contributed by atoms with Gasteiger partial charge in [0.15, 0.2) is 5.82 Å². The SMILES string of the molecule is CC1CCN(c2nncc(NCCCc3ccccc3)n2)CC1. The summed E-state index contributed by atoms with van der Waals surface area (Å²) in [5, 5.41) is 11.7. The number of anilines is 2. The lowest BCUT2D eigenvalue weighted by atomic mass is 10.00. The molecule has 5 heteroatoms. The molecule has 1 N–H and O–H groups in total. The number of rotatable bonds is 6. The third kappa shape index (κ3) is 4.65. The van der Waals surface area contributed by atoms with Crippen molar-refractivity contribution in [3.63, 3.8) is 0 Å². The van der Waals surface area contributed by atoms with E-state index < -0.39 is 0 Å². The first-order valence-electron chi connectivity index (χ1n) is 8.54. The van der Waals surface area contributed by atoms with Crippen LogP contribution in [0.1, 0.15) is 31.7 Å². The van der Waals surface area contributed by atoms with E-state index in [0.29, 0.717) is 0 Å². The normalized spacial score (nSPS) is 15.6. The van der Waals surface area contributed by atoms with Crippen molar-refractivity contribution in [1.82, 2.24) is 15.2 Å². The number of nitrogens with one attached hydrogen (secondary N) is 1. The van der Waals surface area contributed by atoms with Gasteiger partial charge in [-0.3, -0.25) is 0 Å². The summed E-state index contributed by atoms with van der Waals surface area (Å²) < 4.78 is 0. The molecule has 0 spiro atoms. The van der Waals surface area contributed by atoms with E-state index >= 15 is 0 Å². The van der Waals surface area contributed by atoms with Gasteiger partial charge < -0.3 is 10.2 Å². The third-order valence-corrected chi connectivity index (χ3v) is 4.41. The van der Waals surface area contributed by atoms with Crippen molar-refractivity contribution in [2.75, 3.05) is 29.9 Å². The number of hydrogen-bond acceptors (Lipinski definition) is 5. The smallest absolute Gasteiger partial charge is 0.247 e. The molecule has 0 bridgehead atoms. The van der Waals surface area contributed by atoms with Crippen LogP contribution in [0.15, 0.2) is 36.5 Å². The van der Waals surface area contributed by atoms with Gasteiger partial charge in [-0.15, -0.1) is 5.10 Å². The van der Waals surface area contributed by atoms with Crippen molar-refractivity contribution < 1.29 is 0 Å². The van der Waals surface area contributed by atoms with Crippen molar-refractivity contribution in [2.45, 2.75) is 32.6 Å². The van der Waals surface area contributed by atoms with E-state index in [0.717, 1.165) is 50.2 Å². The van der Waals surface area contributed by atoms with Crippen LogP contribution in [0.25, 0.3) is 0 Å². The first-order valence-corrected chi connectivity index (χ1v) is 8.54. The Morgan fingerprint density at radius 2 is 1.96 bits per heavy atom. The second kappa shape index (κ2) is 7.90. The Kier molecular flexibility index (Phi) is 5.40. The summed E-state index contributed by atoms with van der Waals surface area (Å²) in [7, 11) is 0. The van der Waals surface area contributed by atoms with Gasteiger partial charge in [-0.05, 0) is 37.2 Å². The molecule has 0 amide bonds. The fourth-order valence-corrected chi connectivity index (χ4v) is 2.88. The number of aromatic nitrogens is 3. The minimum atomic E-state index is 0.755. The summed E-state index contributed by atoms with van der Waals surface area (Å²) in [4.78, 5) is 6.85. The molecule has 0 unspecified atom stereocenters. The maximum absolute atomic E-state index is 4.61. The minimum Gasteiger partial charge on any atom is -0.369 e. The molecular weight excluding hydrogens is 286 g/mol. The molecule has 1 aliphatic heterocycles. The zero-order chi connectivity index (χ0) is 15.9. The maximum atomic E-state index is 4.61. The van der Waals surface area contributed by atoms with Crippen LogP contribution in [-0.2, 0) is 6.42 Å². The highest BCUT2D eigenvalue weighted by Crippen LogP contribution is 2.20. The lowest BCUT2D eigenvalue weighted by molar-refractivity contribution is 0.433. The zero-order valence-corrected chi connectivity index (χ0v) is 13.8. The number of nitrogens with zero attached hydrogens (tertiary/aromatic N) is 4. The van der Waals surface area contributed by atoms with Crippen molar-refractivity contribution in [1.29, 1.82) is 0 Å². The lowest BCUT2D eigenvalue weighted by Gasteiger charge is -2.29. The van der Waals surface area contributed by atoms with Gasteiger partial charge in [-0.2, -0.15) is 10.1 Å². The highest BCUT2D eigenvalue weighted by atomic mass is 15.3. The minimum absolute atomic E-state index is 0.755. The van der Waals surface area contributed by atoms with Crippen molar-refractivity contribution >= 4 is 11.8 Å². The van der Waals surface area contributed by atoms with Gasteiger partial charge in [-0.1, -0.05) is 37.3 Å². The predicted molar refractivity (Wildman–Crippen MR) is 93.7 cm³/mol. The molecule has 1 aromatic heterocycles. The van der Waals surface area contributed by atoms with Crippen LogP contribution in [-0.4, -0.2) is 34.8 Å². The molecule has 1 aliphatic rings. The molecule has 1 fully saturated rings. The van der Waals surface area contributed by atoms with Gasteiger partial charge in [0, 0.05) is 19.6 Å². The molecule has 2 heterocycles. The fraction of sp³-hybridized carbons (Fsp3) is 0.500. The first-order chi connectivity index (χ1) is 11.3. The molecule has 122 valence electrons. The second-order valence-corrected chi connectivity index (χ2v) is 6.33. The summed E-state index contributed by atoms with van der Waals surface area (Å²) in [5.41, 5.74) is 1.37. The van der Waals surface area contributed by atoms with Gasteiger partial charge in [0.05, 0.1) is 6.20 Å². The van der Waals surface area contributed by atoms with Gasteiger partial charge in [0.2, 0.25) is 5.95 Å². The highest BCUT2D eigenvalue weighted by molar-refractivity contribution is 5.39. The topological polar surface area (TPSA) is 53.9 Å². The molecule has 3 rings (SSSR count). The van der Waals surface area contributed by atoms with Crippen LogP contribution in [0.3, 0.4) is 0 Å².